The minimum absolute atomic E-state index is 0.0515. The number of aliphatic carboxylic acids is 1. The van der Waals surface area contributed by atoms with Gasteiger partial charge in [-0.05, 0) is 38.3 Å². The predicted molar refractivity (Wildman–Crippen MR) is 72.2 cm³/mol. The number of furan rings is 1. The molecule has 2 N–H and O–H groups in total. The number of hydrogen-bond donors (Lipinski definition) is 2. The van der Waals surface area contributed by atoms with Gasteiger partial charge in [0.2, 0.25) is 0 Å². The lowest BCUT2D eigenvalue weighted by atomic mass is 10.1. The van der Waals surface area contributed by atoms with E-state index in [2.05, 4.69) is 5.32 Å². The van der Waals surface area contributed by atoms with Gasteiger partial charge in [-0.3, -0.25) is 4.79 Å². The van der Waals surface area contributed by atoms with Crippen molar-refractivity contribution in [2.75, 3.05) is 7.05 Å². The molecule has 6 nitrogen and oxygen atoms in total. The molecule has 20 heavy (non-hydrogen) atoms. The molecule has 0 spiro atoms. The maximum absolute atomic E-state index is 12.0. The van der Waals surface area contributed by atoms with Crippen LogP contribution in [0.25, 0.3) is 0 Å². The first-order valence-corrected chi connectivity index (χ1v) is 6.75. The van der Waals surface area contributed by atoms with Crippen LogP contribution in [0, 0.1) is 12.8 Å². The molecule has 0 bridgehead atoms. The summed E-state index contributed by atoms with van der Waals surface area (Å²) in [5, 5.41) is 11.8. The summed E-state index contributed by atoms with van der Waals surface area (Å²) in [6.07, 6.45) is 1.85. The Kier molecular flexibility index (Phi) is 4.32. The maximum atomic E-state index is 12.0. The molecule has 0 aromatic carbocycles. The molecule has 2 unspecified atom stereocenters. The second kappa shape index (κ2) is 5.98. The fourth-order valence-corrected chi connectivity index (χ4v) is 2.50. The quantitative estimate of drug-likeness (QED) is 0.883. The van der Waals surface area contributed by atoms with E-state index < -0.39 is 5.97 Å². The number of urea groups is 1. The monoisotopic (exact) mass is 280 g/mol. The van der Waals surface area contributed by atoms with Crippen molar-refractivity contribution in [2.24, 2.45) is 5.92 Å². The zero-order valence-corrected chi connectivity index (χ0v) is 11.8. The predicted octanol–water partition coefficient (Wildman–Crippen LogP) is 1.98. The number of carbonyl (C=O) groups is 2. The van der Waals surface area contributed by atoms with Gasteiger partial charge in [0.1, 0.15) is 11.5 Å². The summed E-state index contributed by atoms with van der Waals surface area (Å²) in [5.41, 5.74) is 0. The number of rotatable bonds is 4. The third-order valence-corrected chi connectivity index (χ3v) is 3.65. The molecule has 1 saturated carbocycles. The SMILES string of the molecule is Cc1ccc(CN(C)C(=O)NC2CCC(C(=O)O)C2)o1. The zero-order valence-electron chi connectivity index (χ0n) is 11.8. The summed E-state index contributed by atoms with van der Waals surface area (Å²) in [6.45, 7) is 2.25. The first-order chi connectivity index (χ1) is 9.45. The standard InChI is InChI=1S/C14H20N2O4/c1-9-3-6-12(20-9)8-16(2)14(19)15-11-5-4-10(7-11)13(17)18/h3,6,10-11H,4-5,7-8H2,1-2H3,(H,15,19)(H,17,18). The van der Waals surface area contributed by atoms with E-state index in [4.69, 9.17) is 9.52 Å². The first kappa shape index (κ1) is 14.4. The fraction of sp³-hybridized carbons (Fsp3) is 0.571. The molecule has 0 aliphatic heterocycles. The Labute approximate surface area is 117 Å². The summed E-state index contributed by atoms with van der Waals surface area (Å²) in [7, 11) is 1.69. The number of carboxylic acids is 1. The third kappa shape index (κ3) is 3.53. The van der Waals surface area contributed by atoms with Gasteiger partial charge in [0, 0.05) is 13.1 Å². The highest BCUT2D eigenvalue weighted by atomic mass is 16.4. The summed E-state index contributed by atoms with van der Waals surface area (Å²) >= 11 is 0. The van der Waals surface area contributed by atoms with Crippen LogP contribution in [-0.4, -0.2) is 35.1 Å². The van der Waals surface area contributed by atoms with E-state index in [1.54, 1.807) is 7.05 Å². The lowest BCUT2D eigenvalue weighted by molar-refractivity contribution is -0.141. The topological polar surface area (TPSA) is 82.8 Å². The number of nitrogens with zero attached hydrogens (tertiary/aromatic N) is 1. The minimum Gasteiger partial charge on any atom is -0.481 e. The summed E-state index contributed by atoms with van der Waals surface area (Å²) in [5.74, 6) is 0.434. The van der Waals surface area contributed by atoms with E-state index >= 15 is 0 Å². The van der Waals surface area contributed by atoms with E-state index in [1.165, 1.54) is 4.90 Å². The highest BCUT2D eigenvalue weighted by molar-refractivity contribution is 5.75. The molecule has 2 atom stereocenters. The average molecular weight is 280 g/mol. The van der Waals surface area contributed by atoms with Crippen LogP contribution in [0.4, 0.5) is 4.79 Å². The van der Waals surface area contributed by atoms with E-state index in [0.717, 1.165) is 17.9 Å². The Hall–Kier alpha value is -1.98. The van der Waals surface area contributed by atoms with Crippen LogP contribution in [0.3, 0.4) is 0 Å². The number of aryl methyl sites for hydroxylation is 1. The second-order valence-electron chi connectivity index (χ2n) is 5.36. The largest absolute Gasteiger partial charge is 0.481 e. The summed E-state index contributed by atoms with van der Waals surface area (Å²) < 4.78 is 5.42. The molecule has 2 rings (SSSR count). The van der Waals surface area contributed by atoms with Crippen LogP contribution in [-0.2, 0) is 11.3 Å². The fourth-order valence-electron chi connectivity index (χ4n) is 2.50. The van der Waals surface area contributed by atoms with E-state index in [1.807, 2.05) is 19.1 Å². The van der Waals surface area contributed by atoms with E-state index in [0.29, 0.717) is 19.4 Å². The van der Waals surface area contributed by atoms with Gasteiger partial charge in [-0.15, -0.1) is 0 Å². The zero-order chi connectivity index (χ0) is 14.7. The van der Waals surface area contributed by atoms with Crippen LogP contribution < -0.4 is 5.32 Å². The van der Waals surface area contributed by atoms with Gasteiger partial charge >= 0.3 is 12.0 Å². The van der Waals surface area contributed by atoms with Crippen molar-refractivity contribution < 1.29 is 19.1 Å². The lowest BCUT2D eigenvalue weighted by Crippen LogP contribution is -2.41. The molecule has 1 aromatic rings. The van der Waals surface area contributed by atoms with Crippen molar-refractivity contribution in [1.29, 1.82) is 0 Å². The Morgan fingerprint density at radius 2 is 2.20 bits per heavy atom. The Morgan fingerprint density at radius 1 is 1.45 bits per heavy atom. The smallest absolute Gasteiger partial charge is 0.317 e. The number of amides is 2. The minimum atomic E-state index is -0.777. The molecule has 1 aliphatic carbocycles. The normalized spacial score (nSPS) is 21.7. The molecule has 2 amide bonds. The molecule has 0 saturated heterocycles. The van der Waals surface area contributed by atoms with Crippen LogP contribution in [0.1, 0.15) is 30.8 Å². The first-order valence-electron chi connectivity index (χ1n) is 6.75. The van der Waals surface area contributed by atoms with Crippen molar-refractivity contribution in [3.8, 4) is 0 Å². The van der Waals surface area contributed by atoms with Gasteiger partial charge in [0.25, 0.3) is 0 Å². The molecular weight excluding hydrogens is 260 g/mol. The van der Waals surface area contributed by atoms with Crippen molar-refractivity contribution in [3.63, 3.8) is 0 Å². The van der Waals surface area contributed by atoms with Gasteiger partial charge in [-0.2, -0.15) is 0 Å². The molecular formula is C14H20N2O4. The average Bonchev–Trinajstić information content (AvgIpc) is 2.98. The van der Waals surface area contributed by atoms with E-state index in [-0.39, 0.29) is 18.0 Å². The highest BCUT2D eigenvalue weighted by Crippen LogP contribution is 2.25. The van der Waals surface area contributed by atoms with Crippen molar-refractivity contribution in [2.45, 2.75) is 38.8 Å². The Morgan fingerprint density at radius 3 is 2.75 bits per heavy atom. The van der Waals surface area contributed by atoms with Crippen LogP contribution in [0.15, 0.2) is 16.5 Å². The van der Waals surface area contributed by atoms with Crippen molar-refractivity contribution >= 4 is 12.0 Å². The molecule has 0 radical (unpaired) electrons. The molecule has 1 fully saturated rings. The van der Waals surface area contributed by atoms with Crippen LogP contribution >= 0.6 is 0 Å². The van der Waals surface area contributed by atoms with Gasteiger partial charge < -0.3 is 19.7 Å². The number of nitrogens with one attached hydrogen (secondary N) is 1. The van der Waals surface area contributed by atoms with E-state index in [9.17, 15) is 9.59 Å². The van der Waals surface area contributed by atoms with Gasteiger partial charge in [-0.1, -0.05) is 0 Å². The lowest BCUT2D eigenvalue weighted by Gasteiger charge is -2.20. The van der Waals surface area contributed by atoms with Gasteiger partial charge in [0.15, 0.2) is 0 Å². The van der Waals surface area contributed by atoms with Crippen LogP contribution in [0.5, 0.6) is 0 Å². The molecule has 6 heteroatoms. The number of carbonyl (C=O) groups excluding carboxylic acids is 1. The van der Waals surface area contributed by atoms with Crippen LogP contribution in [0.2, 0.25) is 0 Å². The highest BCUT2D eigenvalue weighted by Gasteiger charge is 2.31. The molecule has 110 valence electrons. The molecule has 1 aliphatic rings. The number of carboxylic acid groups (broad SMARTS) is 1. The second-order valence-corrected chi connectivity index (χ2v) is 5.36. The number of hydrogen-bond acceptors (Lipinski definition) is 3. The summed E-state index contributed by atoms with van der Waals surface area (Å²) in [4.78, 5) is 24.4. The van der Waals surface area contributed by atoms with Crippen molar-refractivity contribution in [3.05, 3.63) is 23.7 Å². The Balaban J connectivity index is 1.81. The van der Waals surface area contributed by atoms with Gasteiger partial charge in [-0.25, -0.2) is 4.79 Å². The molecule has 1 aromatic heterocycles. The third-order valence-electron chi connectivity index (χ3n) is 3.65. The maximum Gasteiger partial charge on any atom is 0.317 e. The van der Waals surface area contributed by atoms with Crippen molar-refractivity contribution in [1.82, 2.24) is 10.2 Å². The Bertz CT molecular complexity index is 497. The van der Waals surface area contributed by atoms with Gasteiger partial charge in [0.05, 0.1) is 12.5 Å². The summed E-state index contributed by atoms with van der Waals surface area (Å²) in [6, 6.07) is 3.45. The molecule has 1 heterocycles.